The van der Waals surface area contributed by atoms with E-state index in [2.05, 4.69) is 5.32 Å². The molecule has 0 aromatic heterocycles. The summed E-state index contributed by atoms with van der Waals surface area (Å²) >= 11 is 0. The Morgan fingerprint density at radius 3 is 2.56 bits per heavy atom. The van der Waals surface area contributed by atoms with Crippen molar-refractivity contribution in [1.29, 1.82) is 0 Å². The monoisotopic (exact) mass is 254 g/mol. The van der Waals surface area contributed by atoms with E-state index in [1.54, 1.807) is 0 Å². The normalized spacial score (nSPS) is 14.2. The van der Waals surface area contributed by atoms with Crippen molar-refractivity contribution in [3.05, 3.63) is 39.7 Å². The Morgan fingerprint density at radius 2 is 2.11 bits per heavy atom. The molecule has 0 spiro atoms. The Balaban J connectivity index is 3.03. The van der Waals surface area contributed by atoms with Gasteiger partial charge in [-0.3, -0.25) is 10.1 Å². The van der Waals surface area contributed by atoms with E-state index in [1.165, 1.54) is 12.1 Å². The molecule has 0 aliphatic rings. The second kappa shape index (κ2) is 6.44. The number of benzene rings is 1. The lowest BCUT2D eigenvalue weighted by Gasteiger charge is -2.24. The van der Waals surface area contributed by atoms with Crippen molar-refractivity contribution < 1.29 is 9.31 Å². The van der Waals surface area contributed by atoms with Gasteiger partial charge in [0.15, 0.2) is 0 Å². The molecule has 5 heteroatoms. The van der Waals surface area contributed by atoms with Crippen LogP contribution in [0.1, 0.15) is 38.7 Å². The van der Waals surface area contributed by atoms with Crippen LogP contribution in [0, 0.1) is 15.9 Å². The van der Waals surface area contributed by atoms with Gasteiger partial charge in [-0.1, -0.05) is 13.8 Å². The maximum Gasteiger partial charge on any atom is 0.272 e. The maximum absolute atomic E-state index is 13.9. The fourth-order valence-electron chi connectivity index (χ4n) is 2.24. The van der Waals surface area contributed by atoms with Gasteiger partial charge in [-0.25, -0.2) is 4.39 Å². The quantitative estimate of drug-likeness (QED) is 0.626. The van der Waals surface area contributed by atoms with E-state index in [0.717, 1.165) is 19.0 Å². The van der Waals surface area contributed by atoms with Crippen LogP contribution in [0.2, 0.25) is 0 Å². The summed E-state index contributed by atoms with van der Waals surface area (Å²) in [5.41, 5.74) is 0.332. The number of nitrogens with one attached hydrogen (secondary N) is 1. The highest BCUT2D eigenvalue weighted by Crippen LogP contribution is 2.28. The summed E-state index contributed by atoms with van der Waals surface area (Å²) in [6.45, 7) is 6.79. The van der Waals surface area contributed by atoms with Crippen LogP contribution < -0.4 is 5.32 Å². The van der Waals surface area contributed by atoms with Crippen molar-refractivity contribution in [1.82, 2.24) is 5.32 Å². The minimum absolute atomic E-state index is 0.0192. The minimum Gasteiger partial charge on any atom is -0.314 e. The first-order chi connectivity index (χ1) is 8.51. The molecule has 0 saturated carbocycles. The lowest BCUT2D eigenvalue weighted by Crippen LogP contribution is -2.32. The van der Waals surface area contributed by atoms with Crippen molar-refractivity contribution in [2.45, 2.75) is 39.2 Å². The summed E-state index contributed by atoms with van der Waals surface area (Å²) < 4.78 is 13.9. The number of non-ortho nitro benzene ring substituents is 1. The second-order valence-electron chi connectivity index (χ2n) is 4.32. The van der Waals surface area contributed by atoms with Crippen LogP contribution in [0.15, 0.2) is 18.2 Å². The van der Waals surface area contributed by atoms with Crippen molar-refractivity contribution in [3.63, 3.8) is 0 Å². The molecule has 18 heavy (non-hydrogen) atoms. The van der Waals surface area contributed by atoms with Crippen LogP contribution in [0.25, 0.3) is 0 Å². The van der Waals surface area contributed by atoms with E-state index >= 15 is 0 Å². The van der Waals surface area contributed by atoms with Gasteiger partial charge in [-0.2, -0.15) is 0 Å². The van der Waals surface area contributed by atoms with Gasteiger partial charge in [0.25, 0.3) is 5.69 Å². The Hall–Kier alpha value is -1.49. The molecule has 1 rings (SSSR count). The molecule has 4 nitrogen and oxygen atoms in total. The summed E-state index contributed by atoms with van der Waals surface area (Å²) in [5.74, 6) is -0.480. The topological polar surface area (TPSA) is 55.2 Å². The van der Waals surface area contributed by atoms with Crippen LogP contribution in [0.5, 0.6) is 0 Å². The molecule has 2 atom stereocenters. The number of hydrogen-bond acceptors (Lipinski definition) is 3. The Kier molecular flexibility index (Phi) is 5.22. The number of likely N-dealkylation sites (N-methyl/N-ethyl adjacent to an activating group) is 1. The number of hydrogen-bond donors (Lipinski definition) is 1. The molecule has 0 aliphatic heterocycles. The summed E-state index contributed by atoms with van der Waals surface area (Å²) in [6, 6.07) is 4.02. The second-order valence-corrected chi connectivity index (χ2v) is 4.32. The molecule has 0 saturated heterocycles. The molecule has 1 N–H and O–H groups in total. The van der Waals surface area contributed by atoms with Crippen molar-refractivity contribution >= 4 is 5.69 Å². The third kappa shape index (κ3) is 3.26. The average molecular weight is 254 g/mol. The highest BCUT2D eigenvalue weighted by molar-refractivity contribution is 5.36. The third-order valence-corrected chi connectivity index (χ3v) is 3.16. The molecule has 100 valence electrons. The van der Waals surface area contributed by atoms with Crippen LogP contribution in [0.4, 0.5) is 10.1 Å². The summed E-state index contributed by atoms with van der Waals surface area (Å²) in [5, 5.41) is 13.8. The molecule has 0 fully saturated rings. The van der Waals surface area contributed by atoms with Crippen LogP contribution >= 0.6 is 0 Å². The van der Waals surface area contributed by atoms with Gasteiger partial charge in [0.2, 0.25) is 0 Å². The molecular weight excluding hydrogens is 235 g/mol. The van der Waals surface area contributed by atoms with E-state index in [4.69, 9.17) is 0 Å². The number of halogens is 1. The number of rotatable bonds is 6. The lowest BCUT2D eigenvalue weighted by molar-refractivity contribution is -0.385. The highest BCUT2D eigenvalue weighted by Gasteiger charge is 2.21. The number of nitro benzene ring substituents is 1. The largest absolute Gasteiger partial charge is 0.314 e. The van der Waals surface area contributed by atoms with Crippen LogP contribution in [0.3, 0.4) is 0 Å². The van der Waals surface area contributed by atoms with Gasteiger partial charge in [0.05, 0.1) is 11.0 Å². The Morgan fingerprint density at radius 1 is 1.44 bits per heavy atom. The van der Waals surface area contributed by atoms with Gasteiger partial charge in [0.1, 0.15) is 5.82 Å². The zero-order valence-corrected chi connectivity index (χ0v) is 10.9. The fourth-order valence-corrected chi connectivity index (χ4v) is 2.24. The zero-order chi connectivity index (χ0) is 13.7. The Labute approximate surface area is 106 Å². The highest BCUT2D eigenvalue weighted by atomic mass is 19.1. The zero-order valence-electron chi connectivity index (χ0n) is 10.9. The van der Waals surface area contributed by atoms with Crippen molar-refractivity contribution in [3.8, 4) is 0 Å². The molecule has 0 radical (unpaired) electrons. The SMILES string of the molecule is CCNC(C)C(CC)c1ccc([N+](=O)[O-])cc1F. The van der Waals surface area contributed by atoms with E-state index in [9.17, 15) is 14.5 Å². The first kappa shape index (κ1) is 14.6. The standard InChI is InChI=1S/C13H19FN2O2/c1-4-11(9(3)15-5-2)12-7-6-10(16(17)18)8-13(12)14/h6-9,11,15H,4-5H2,1-3H3. The summed E-state index contributed by atoms with van der Waals surface area (Å²) in [7, 11) is 0. The van der Waals surface area contributed by atoms with Gasteiger partial charge in [-0.15, -0.1) is 0 Å². The third-order valence-electron chi connectivity index (χ3n) is 3.16. The minimum atomic E-state index is -0.582. The van der Waals surface area contributed by atoms with E-state index in [-0.39, 0.29) is 17.6 Å². The molecule has 2 unspecified atom stereocenters. The predicted molar refractivity (Wildman–Crippen MR) is 69.2 cm³/mol. The maximum atomic E-state index is 13.9. The van der Waals surface area contributed by atoms with E-state index in [0.29, 0.717) is 5.56 Å². The van der Waals surface area contributed by atoms with Crippen LogP contribution in [-0.2, 0) is 0 Å². The van der Waals surface area contributed by atoms with Crippen LogP contribution in [-0.4, -0.2) is 17.5 Å². The first-order valence-corrected chi connectivity index (χ1v) is 6.18. The summed E-state index contributed by atoms with van der Waals surface area (Å²) in [6.07, 6.45) is 0.781. The molecule has 1 aromatic carbocycles. The van der Waals surface area contributed by atoms with Crippen molar-refractivity contribution in [2.75, 3.05) is 6.54 Å². The molecule has 0 heterocycles. The fraction of sp³-hybridized carbons (Fsp3) is 0.538. The number of nitrogens with zero attached hydrogens (tertiary/aromatic N) is 1. The smallest absolute Gasteiger partial charge is 0.272 e. The van der Waals surface area contributed by atoms with Crippen molar-refractivity contribution in [2.24, 2.45) is 0 Å². The van der Waals surface area contributed by atoms with Gasteiger partial charge >= 0.3 is 0 Å². The molecular formula is C13H19FN2O2. The van der Waals surface area contributed by atoms with Gasteiger partial charge in [0, 0.05) is 18.0 Å². The number of nitro groups is 1. The summed E-state index contributed by atoms with van der Waals surface area (Å²) in [4.78, 5) is 9.98. The molecule has 0 amide bonds. The average Bonchev–Trinajstić information content (AvgIpc) is 2.32. The Bertz CT molecular complexity index is 423. The first-order valence-electron chi connectivity index (χ1n) is 6.18. The molecule has 0 bridgehead atoms. The molecule has 0 aliphatic carbocycles. The predicted octanol–water partition coefficient (Wildman–Crippen LogP) is 3.23. The van der Waals surface area contributed by atoms with E-state index < -0.39 is 10.7 Å². The lowest BCUT2D eigenvalue weighted by atomic mass is 9.89. The molecule has 1 aromatic rings. The van der Waals surface area contributed by atoms with E-state index in [1.807, 2.05) is 20.8 Å². The van der Waals surface area contributed by atoms with Gasteiger partial charge < -0.3 is 5.32 Å². The van der Waals surface area contributed by atoms with Gasteiger partial charge in [-0.05, 0) is 31.5 Å².